The van der Waals surface area contributed by atoms with Crippen molar-refractivity contribution in [1.82, 2.24) is 15.8 Å². The molecule has 128 valence electrons. The van der Waals surface area contributed by atoms with Crippen LogP contribution in [0.3, 0.4) is 0 Å². The second-order valence-electron chi connectivity index (χ2n) is 6.99. The summed E-state index contributed by atoms with van der Waals surface area (Å²) in [5.41, 5.74) is 8.22. The number of likely N-dealkylation sites (N-methyl/N-ethyl adjacent to an activating group) is 1. The molecular weight excluding hydrogens is 326 g/mol. The highest BCUT2D eigenvalue weighted by Crippen LogP contribution is 2.35. The Balaban J connectivity index is 1.40. The molecule has 5 nitrogen and oxygen atoms in total. The van der Waals surface area contributed by atoms with E-state index in [-0.39, 0.29) is 5.91 Å². The molecule has 1 aliphatic carbocycles. The van der Waals surface area contributed by atoms with Gasteiger partial charge >= 0.3 is 0 Å². The summed E-state index contributed by atoms with van der Waals surface area (Å²) in [5.74, 6) is 1.60. The maximum atomic E-state index is 12.7. The summed E-state index contributed by atoms with van der Waals surface area (Å²) < 4.78 is 5.69. The van der Waals surface area contributed by atoms with Gasteiger partial charge in [0.25, 0.3) is 5.91 Å². The first-order valence-corrected chi connectivity index (χ1v) is 8.87. The summed E-state index contributed by atoms with van der Waals surface area (Å²) in [4.78, 5) is 14.5. The van der Waals surface area contributed by atoms with Crippen LogP contribution in [0.15, 0.2) is 23.8 Å². The van der Waals surface area contributed by atoms with Crippen molar-refractivity contribution in [2.75, 3.05) is 20.2 Å². The zero-order valence-electron chi connectivity index (χ0n) is 13.7. The third-order valence-corrected chi connectivity index (χ3v) is 5.24. The molecule has 2 heterocycles. The number of nitrogens with one attached hydrogen (secondary N) is 2. The molecule has 1 saturated heterocycles. The molecule has 0 spiro atoms. The molecule has 1 aromatic rings. The Bertz CT molecular complexity index is 687. The number of benzene rings is 1. The van der Waals surface area contributed by atoms with Gasteiger partial charge in [0.1, 0.15) is 12.4 Å². The van der Waals surface area contributed by atoms with Gasteiger partial charge in [0.2, 0.25) is 0 Å². The van der Waals surface area contributed by atoms with E-state index in [2.05, 4.69) is 10.9 Å². The first-order chi connectivity index (χ1) is 11.6. The van der Waals surface area contributed by atoms with Crippen molar-refractivity contribution in [1.29, 1.82) is 0 Å². The van der Waals surface area contributed by atoms with Crippen LogP contribution in [0.2, 0.25) is 5.02 Å². The highest BCUT2D eigenvalue weighted by molar-refractivity contribution is 6.30. The number of amides is 1. The molecule has 4 rings (SSSR count). The van der Waals surface area contributed by atoms with Crippen LogP contribution in [0.5, 0.6) is 5.75 Å². The number of fused-ring (bicyclic) bond motifs is 1. The summed E-state index contributed by atoms with van der Waals surface area (Å²) in [7, 11) is 1.85. The van der Waals surface area contributed by atoms with Gasteiger partial charge in [-0.25, -0.2) is 0 Å². The fourth-order valence-corrected chi connectivity index (χ4v) is 3.69. The van der Waals surface area contributed by atoms with Gasteiger partial charge < -0.3 is 9.64 Å². The lowest BCUT2D eigenvalue weighted by molar-refractivity contribution is -0.126. The summed E-state index contributed by atoms with van der Waals surface area (Å²) in [5, 5.41) is 0.642. The number of rotatable bonds is 4. The van der Waals surface area contributed by atoms with E-state index >= 15 is 0 Å². The van der Waals surface area contributed by atoms with Crippen molar-refractivity contribution in [3.05, 3.63) is 34.4 Å². The Morgan fingerprint density at radius 2 is 2.21 bits per heavy atom. The van der Waals surface area contributed by atoms with E-state index in [1.165, 1.54) is 12.8 Å². The predicted octanol–water partition coefficient (Wildman–Crippen LogP) is 2.22. The third kappa shape index (κ3) is 3.29. The molecule has 6 heteroatoms. The molecule has 0 bridgehead atoms. The first kappa shape index (κ1) is 15.9. The molecular formula is C18H22ClN3O2. The predicted molar refractivity (Wildman–Crippen MR) is 93.7 cm³/mol. The van der Waals surface area contributed by atoms with Crippen molar-refractivity contribution >= 4 is 23.6 Å². The molecule has 2 fully saturated rings. The van der Waals surface area contributed by atoms with E-state index in [1.54, 1.807) is 11.0 Å². The molecule has 3 aliphatic rings. The van der Waals surface area contributed by atoms with Crippen LogP contribution < -0.4 is 15.6 Å². The lowest BCUT2D eigenvalue weighted by Crippen LogP contribution is -2.42. The van der Waals surface area contributed by atoms with E-state index in [9.17, 15) is 4.79 Å². The Kier molecular flexibility index (Phi) is 4.24. The van der Waals surface area contributed by atoms with E-state index in [4.69, 9.17) is 16.3 Å². The number of nitrogens with zero attached hydrogens (tertiary/aromatic N) is 1. The molecule has 2 N–H and O–H groups in total. The van der Waals surface area contributed by atoms with Crippen molar-refractivity contribution in [3.63, 3.8) is 0 Å². The quantitative estimate of drug-likeness (QED) is 0.877. The fourth-order valence-electron chi connectivity index (χ4n) is 3.51. The zero-order chi connectivity index (χ0) is 16.7. The molecule has 1 amide bonds. The van der Waals surface area contributed by atoms with Crippen molar-refractivity contribution in [3.8, 4) is 5.75 Å². The van der Waals surface area contributed by atoms with Gasteiger partial charge in [-0.05, 0) is 49.5 Å². The van der Waals surface area contributed by atoms with Crippen LogP contribution in [0, 0.1) is 5.92 Å². The summed E-state index contributed by atoms with van der Waals surface area (Å²) in [6, 6.07) is 6.32. The summed E-state index contributed by atoms with van der Waals surface area (Å²) >= 11 is 6.03. The van der Waals surface area contributed by atoms with Gasteiger partial charge in [0.15, 0.2) is 0 Å². The van der Waals surface area contributed by atoms with E-state index < -0.39 is 0 Å². The lowest BCUT2D eigenvalue weighted by atomic mass is 10.0. The normalized spacial score (nSPS) is 25.7. The minimum absolute atomic E-state index is 0.0114. The van der Waals surface area contributed by atoms with E-state index in [0.717, 1.165) is 23.7 Å². The number of ether oxygens (including phenoxy) is 1. The molecule has 2 unspecified atom stereocenters. The van der Waals surface area contributed by atoms with E-state index in [1.807, 2.05) is 25.3 Å². The molecule has 2 aliphatic heterocycles. The van der Waals surface area contributed by atoms with Gasteiger partial charge in [0.05, 0.1) is 5.57 Å². The maximum Gasteiger partial charge on any atom is 0.253 e. The molecule has 1 saturated carbocycles. The average Bonchev–Trinajstić information content (AvgIpc) is 3.33. The van der Waals surface area contributed by atoms with Crippen molar-refractivity contribution in [2.45, 2.75) is 31.3 Å². The second kappa shape index (κ2) is 6.39. The number of carbonyl (C=O) groups excluding carboxylic acids is 1. The second-order valence-corrected chi connectivity index (χ2v) is 7.43. The van der Waals surface area contributed by atoms with Crippen LogP contribution in [0.1, 0.15) is 24.8 Å². The number of carbonyl (C=O) groups is 1. The minimum atomic E-state index is 0.0114. The third-order valence-electron chi connectivity index (χ3n) is 5.00. The Hall–Kier alpha value is -1.56. The van der Waals surface area contributed by atoms with Crippen molar-refractivity contribution < 1.29 is 9.53 Å². The largest absolute Gasteiger partial charge is 0.488 e. The molecule has 0 radical (unpaired) electrons. The number of hydrogen-bond acceptors (Lipinski definition) is 4. The van der Waals surface area contributed by atoms with Crippen LogP contribution in [-0.2, 0) is 4.79 Å². The SMILES string of the molecule is CN(CC1CC(C2CC2)NN1)C(=O)C1=Cc2cc(Cl)ccc2OC1. The highest BCUT2D eigenvalue weighted by atomic mass is 35.5. The number of hydrazine groups is 1. The minimum Gasteiger partial charge on any atom is -0.488 e. The summed E-state index contributed by atoms with van der Waals surface area (Å²) in [6.07, 6.45) is 5.62. The topological polar surface area (TPSA) is 53.6 Å². The van der Waals surface area contributed by atoms with Gasteiger partial charge in [0, 0.05) is 36.3 Å². The Labute approximate surface area is 147 Å². The first-order valence-electron chi connectivity index (χ1n) is 8.49. The van der Waals surface area contributed by atoms with Gasteiger partial charge in [-0.2, -0.15) is 0 Å². The fraction of sp³-hybridized carbons (Fsp3) is 0.500. The van der Waals surface area contributed by atoms with Crippen LogP contribution in [-0.4, -0.2) is 43.1 Å². The van der Waals surface area contributed by atoms with Crippen LogP contribution in [0.4, 0.5) is 0 Å². The lowest BCUT2D eigenvalue weighted by Gasteiger charge is -2.24. The van der Waals surface area contributed by atoms with Gasteiger partial charge in [-0.1, -0.05) is 11.6 Å². The molecule has 0 aromatic heterocycles. The van der Waals surface area contributed by atoms with Crippen LogP contribution >= 0.6 is 11.6 Å². The smallest absolute Gasteiger partial charge is 0.253 e. The molecule has 1 aromatic carbocycles. The zero-order valence-corrected chi connectivity index (χ0v) is 14.5. The standard InChI is InChI=1S/C18H22ClN3O2/c1-22(9-15-8-16(21-20-15)11-2-3-11)18(23)13-6-12-7-14(19)4-5-17(12)24-10-13/h4-7,11,15-16,20-21H,2-3,8-10H2,1H3. The van der Waals surface area contributed by atoms with Crippen molar-refractivity contribution in [2.24, 2.45) is 5.92 Å². The summed E-state index contributed by atoms with van der Waals surface area (Å²) in [6.45, 7) is 0.994. The Morgan fingerprint density at radius 1 is 1.38 bits per heavy atom. The average molecular weight is 348 g/mol. The Morgan fingerprint density at radius 3 is 3.00 bits per heavy atom. The molecule has 24 heavy (non-hydrogen) atoms. The maximum absolute atomic E-state index is 12.7. The van der Waals surface area contributed by atoms with Crippen LogP contribution in [0.25, 0.3) is 6.08 Å². The highest BCUT2D eigenvalue weighted by Gasteiger charge is 2.37. The monoisotopic (exact) mass is 347 g/mol. The number of halogens is 1. The number of hydrogen-bond donors (Lipinski definition) is 2. The molecule has 2 atom stereocenters. The van der Waals surface area contributed by atoms with Gasteiger partial charge in [-0.3, -0.25) is 15.6 Å². The van der Waals surface area contributed by atoms with E-state index in [0.29, 0.717) is 35.8 Å². The van der Waals surface area contributed by atoms with Gasteiger partial charge in [-0.15, -0.1) is 0 Å².